The van der Waals surface area contributed by atoms with Gasteiger partial charge < -0.3 is 16.2 Å². The van der Waals surface area contributed by atoms with E-state index >= 15 is 0 Å². The van der Waals surface area contributed by atoms with Crippen LogP contribution >= 0.6 is 11.3 Å². The third-order valence-corrected chi connectivity index (χ3v) is 4.13. The highest BCUT2D eigenvalue weighted by molar-refractivity contribution is 7.11. The van der Waals surface area contributed by atoms with Crippen molar-refractivity contribution in [1.82, 2.24) is 0 Å². The first-order valence-electron chi connectivity index (χ1n) is 6.51. The predicted octanol–water partition coefficient (Wildman–Crippen LogP) is 3.52. The number of thiophene rings is 1. The molecule has 1 atom stereocenters. The molecule has 0 amide bonds. The van der Waals surface area contributed by atoms with Crippen molar-refractivity contribution in [1.29, 1.82) is 0 Å². The summed E-state index contributed by atoms with van der Waals surface area (Å²) in [5.41, 5.74) is 5.30. The minimum absolute atomic E-state index is 0.00557. The molecule has 1 unspecified atom stereocenters. The molecule has 1 heterocycles. The van der Waals surface area contributed by atoms with Crippen LogP contribution in [-0.2, 0) is 6.42 Å². The Labute approximate surface area is 126 Å². The lowest BCUT2D eigenvalue weighted by Gasteiger charge is -2.17. The fourth-order valence-corrected chi connectivity index (χ4v) is 3.18. The molecule has 4 N–H and O–H groups in total. The van der Waals surface area contributed by atoms with E-state index in [1.165, 1.54) is 21.9 Å². The van der Waals surface area contributed by atoms with Gasteiger partial charge in [-0.2, -0.15) is 0 Å². The van der Waals surface area contributed by atoms with Crippen LogP contribution in [0.25, 0.3) is 0 Å². The quantitative estimate of drug-likeness (QED) is 0.739. The summed E-state index contributed by atoms with van der Waals surface area (Å²) in [4.78, 5) is 13.7. The van der Waals surface area contributed by atoms with E-state index in [4.69, 9.17) is 5.73 Å². The molecule has 0 bridgehead atoms. The number of aromatic carboxylic acids is 1. The molecule has 0 aliphatic carbocycles. The van der Waals surface area contributed by atoms with Gasteiger partial charge >= 0.3 is 5.97 Å². The van der Waals surface area contributed by atoms with Crippen LogP contribution in [0.15, 0.2) is 24.3 Å². The summed E-state index contributed by atoms with van der Waals surface area (Å²) in [6.07, 6.45) is 0.759. The molecule has 2 aromatic rings. The molecule has 0 fully saturated rings. The molecule has 0 saturated carbocycles. The third-order valence-electron chi connectivity index (χ3n) is 3.11. The molecular weight excluding hydrogens is 291 g/mol. The number of anilines is 2. The van der Waals surface area contributed by atoms with Gasteiger partial charge in [0.15, 0.2) is 0 Å². The van der Waals surface area contributed by atoms with Gasteiger partial charge in [0.1, 0.15) is 11.4 Å². The van der Waals surface area contributed by atoms with Crippen molar-refractivity contribution in [3.8, 4) is 0 Å². The number of rotatable bonds is 5. The molecule has 0 radical (unpaired) electrons. The molecule has 2 rings (SSSR count). The number of carboxylic acid groups (broad SMARTS) is 1. The summed E-state index contributed by atoms with van der Waals surface area (Å²) in [5, 5.41) is 12.3. The van der Waals surface area contributed by atoms with Crippen molar-refractivity contribution >= 4 is 28.7 Å². The van der Waals surface area contributed by atoms with E-state index in [1.54, 1.807) is 11.3 Å². The maximum Gasteiger partial charge on any atom is 0.340 e. The topological polar surface area (TPSA) is 75.3 Å². The van der Waals surface area contributed by atoms with Gasteiger partial charge in [0, 0.05) is 22.2 Å². The lowest BCUT2D eigenvalue weighted by atomic mass is 10.1. The van der Waals surface area contributed by atoms with E-state index < -0.39 is 11.8 Å². The number of halogens is 1. The van der Waals surface area contributed by atoms with Gasteiger partial charge in [0.05, 0.1) is 11.4 Å². The average Bonchev–Trinajstić information content (AvgIpc) is 2.79. The molecule has 0 saturated heterocycles. The maximum absolute atomic E-state index is 13.4. The molecule has 0 aliphatic rings. The summed E-state index contributed by atoms with van der Waals surface area (Å²) in [6.45, 7) is 3.98. The SMILES string of the molecule is Cc1ccc(CC(C)Nc2ccc(F)c(N)c2C(=O)O)s1. The fraction of sp³-hybridized carbons (Fsp3) is 0.267. The summed E-state index contributed by atoms with van der Waals surface area (Å²) >= 11 is 1.70. The first kappa shape index (κ1) is 15.3. The predicted molar refractivity (Wildman–Crippen MR) is 83.6 cm³/mol. The fourth-order valence-electron chi connectivity index (χ4n) is 2.16. The zero-order chi connectivity index (χ0) is 15.6. The van der Waals surface area contributed by atoms with Crippen LogP contribution in [0.4, 0.5) is 15.8 Å². The smallest absolute Gasteiger partial charge is 0.340 e. The van der Waals surface area contributed by atoms with Gasteiger partial charge in [-0.15, -0.1) is 11.3 Å². The van der Waals surface area contributed by atoms with Crippen LogP contribution in [0.3, 0.4) is 0 Å². The van der Waals surface area contributed by atoms with E-state index in [0.717, 1.165) is 6.42 Å². The highest BCUT2D eigenvalue weighted by atomic mass is 32.1. The summed E-state index contributed by atoms with van der Waals surface area (Å²) in [7, 11) is 0. The Kier molecular flexibility index (Phi) is 4.47. The van der Waals surface area contributed by atoms with Crippen LogP contribution in [0.5, 0.6) is 0 Å². The van der Waals surface area contributed by atoms with Gasteiger partial charge in [-0.25, -0.2) is 9.18 Å². The van der Waals surface area contributed by atoms with Gasteiger partial charge in [-0.3, -0.25) is 0 Å². The Hall–Kier alpha value is -2.08. The number of carbonyl (C=O) groups is 1. The standard InChI is InChI=1S/C15H17FN2O2S/c1-8(7-10-4-3-9(2)21-10)18-12-6-5-11(16)14(17)13(12)15(19)20/h3-6,8,18H,7,17H2,1-2H3,(H,19,20). The second kappa shape index (κ2) is 6.13. The maximum atomic E-state index is 13.4. The Balaban J connectivity index is 2.19. The molecular formula is C15H17FN2O2S. The summed E-state index contributed by atoms with van der Waals surface area (Å²) in [6, 6.07) is 6.68. The minimum atomic E-state index is -1.24. The van der Waals surface area contributed by atoms with E-state index in [0.29, 0.717) is 5.69 Å². The monoisotopic (exact) mass is 308 g/mol. The van der Waals surface area contributed by atoms with Gasteiger partial charge in [-0.05, 0) is 38.1 Å². The Morgan fingerprint density at radius 1 is 1.43 bits per heavy atom. The molecule has 1 aromatic heterocycles. The number of nitrogens with two attached hydrogens (primary N) is 1. The third kappa shape index (κ3) is 3.52. The Morgan fingerprint density at radius 3 is 2.71 bits per heavy atom. The number of carboxylic acids is 1. The second-order valence-electron chi connectivity index (χ2n) is 4.95. The normalized spacial score (nSPS) is 12.1. The van der Waals surface area contributed by atoms with Crippen LogP contribution in [0.1, 0.15) is 27.0 Å². The zero-order valence-electron chi connectivity index (χ0n) is 11.8. The molecule has 112 valence electrons. The zero-order valence-corrected chi connectivity index (χ0v) is 12.6. The van der Waals surface area contributed by atoms with Crippen molar-refractivity contribution in [2.75, 3.05) is 11.1 Å². The number of nitrogens with one attached hydrogen (secondary N) is 1. The van der Waals surface area contributed by atoms with E-state index in [2.05, 4.69) is 11.4 Å². The first-order valence-corrected chi connectivity index (χ1v) is 7.33. The summed E-state index contributed by atoms with van der Waals surface area (Å²) in [5.74, 6) is -1.96. The minimum Gasteiger partial charge on any atom is -0.478 e. The molecule has 21 heavy (non-hydrogen) atoms. The first-order chi connectivity index (χ1) is 9.88. The molecule has 4 nitrogen and oxygen atoms in total. The highest BCUT2D eigenvalue weighted by Gasteiger charge is 2.18. The molecule has 1 aromatic carbocycles. The summed E-state index contributed by atoms with van der Waals surface area (Å²) < 4.78 is 13.4. The lowest BCUT2D eigenvalue weighted by molar-refractivity contribution is 0.0698. The van der Waals surface area contributed by atoms with Gasteiger partial charge in [-0.1, -0.05) is 0 Å². The van der Waals surface area contributed by atoms with E-state index in [9.17, 15) is 14.3 Å². The van der Waals surface area contributed by atoms with Crippen molar-refractivity contribution in [2.24, 2.45) is 0 Å². The van der Waals surface area contributed by atoms with Crippen molar-refractivity contribution in [3.63, 3.8) is 0 Å². The van der Waals surface area contributed by atoms with E-state index in [1.807, 2.05) is 19.9 Å². The van der Waals surface area contributed by atoms with Crippen molar-refractivity contribution in [3.05, 3.63) is 45.4 Å². The number of benzene rings is 1. The molecule has 6 heteroatoms. The Bertz CT molecular complexity index is 670. The van der Waals surface area contributed by atoms with Crippen molar-refractivity contribution in [2.45, 2.75) is 26.3 Å². The van der Waals surface area contributed by atoms with Crippen LogP contribution < -0.4 is 11.1 Å². The number of aryl methyl sites for hydroxylation is 1. The molecule has 0 aliphatic heterocycles. The number of hydrogen-bond donors (Lipinski definition) is 3. The lowest BCUT2D eigenvalue weighted by Crippen LogP contribution is -2.20. The molecule has 0 spiro atoms. The highest BCUT2D eigenvalue weighted by Crippen LogP contribution is 2.26. The largest absolute Gasteiger partial charge is 0.478 e. The van der Waals surface area contributed by atoms with E-state index in [-0.39, 0.29) is 17.3 Å². The van der Waals surface area contributed by atoms with Crippen molar-refractivity contribution < 1.29 is 14.3 Å². The second-order valence-corrected chi connectivity index (χ2v) is 6.32. The van der Waals surface area contributed by atoms with Gasteiger partial charge in [0.25, 0.3) is 0 Å². The number of hydrogen-bond acceptors (Lipinski definition) is 4. The van der Waals surface area contributed by atoms with Crippen LogP contribution in [-0.4, -0.2) is 17.1 Å². The van der Waals surface area contributed by atoms with Gasteiger partial charge in [0.2, 0.25) is 0 Å². The van der Waals surface area contributed by atoms with Crippen LogP contribution in [0, 0.1) is 12.7 Å². The Morgan fingerprint density at radius 2 is 2.14 bits per heavy atom. The average molecular weight is 308 g/mol. The van der Waals surface area contributed by atoms with Crippen LogP contribution in [0.2, 0.25) is 0 Å². The number of nitrogen functional groups attached to an aromatic ring is 1.